The lowest BCUT2D eigenvalue weighted by Crippen LogP contribution is -2.42. The smallest absolute Gasteiger partial charge is 0.330 e. The van der Waals surface area contributed by atoms with Crippen LogP contribution in [0.5, 0.6) is 0 Å². The molecule has 2 heterocycles. The SMILES string of the molecule is COCCn1cnnc1[C@H](C)NS(=O)(=O)c1cn(C)c(=O)n(C)c1=O. The van der Waals surface area contributed by atoms with Gasteiger partial charge < -0.3 is 13.9 Å². The highest BCUT2D eigenvalue weighted by Crippen LogP contribution is 2.13. The number of aryl methyl sites for hydroxylation is 1. The molecule has 0 aliphatic carbocycles. The van der Waals surface area contributed by atoms with Crippen LogP contribution in [-0.4, -0.2) is 46.0 Å². The number of nitrogens with one attached hydrogen (secondary N) is 1. The van der Waals surface area contributed by atoms with E-state index >= 15 is 0 Å². The van der Waals surface area contributed by atoms with Crippen molar-refractivity contribution in [2.75, 3.05) is 13.7 Å². The second kappa shape index (κ2) is 7.29. The maximum atomic E-state index is 12.6. The van der Waals surface area contributed by atoms with Crippen LogP contribution in [0.25, 0.3) is 0 Å². The van der Waals surface area contributed by atoms with E-state index < -0.39 is 32.2 Å². The molecule has 0 amide bonds. The summed E-state index contributed by atoms with van der Waals surface area (Å²) in [6, 6.07) is -0.744. The summed E-state index contributed by atoms with van der Waals surface area (Å²) < 4.78 is 35.9. The van der Waals surface area contributed by atoms with E-state index in [9.17, 15) is 18.0 Å². The number of methoxy groups -OCH3 is 1. The molecule has 12 heteroatoms. The van der Waals surface area contributed by atoms with Crippen molar-refractivity contribution in [1.29, 1.82) is 0 Å². The van der Waals surface area contributed by atoms with Crippen molar-refractivity contribution in [2.24, 2.45) is 14.1 Å². The molecular formula is C13H20N6O5S. The predicted octanol–water partition coefficient (Wildman–Crippen LogP) is -1.64. The monoisotopic (exact) mass is 372 g/mol. The van der Waals surface area contributed by atoms with Gasteiger partial charge in [0, 0.05) is 33.9 Å². The lowest BCUT2D eigenvalue weighted by molar-refractivity contribution is 0.185. The normalized spacial score (nSPS) is 13.1. The molecular weight excluding hydrogens is 352 g/mol. The molecule has 1 atom stereocenters. The molecule has 25 heavy (non-hydrogen) atoms. The summed E-state index contributed by atoms with van der Waals surface area (Å²) >= 11 is 0. The van der Waals surface area contributed by atoms with E-state index in [0.717, 1.165) is 15.3 Å². The zero-order valence-electron chi connectivity index (χ0n) is 14.3. The van der Waals surface area contributed by atoms with Crippen LogP contribution in [0.2, 0.25) is 0 Å². The first-order chi connectivity index (χ1) is 11.7. The van der Waals surface area contributed by atoms with Crippen molar-refractivity contribution in [2.45, 2.75) is 24.4 Å². The zero-order chi connectivity index (χ0) is 18.8. The first kappa shape index (κ1) is 19.0. The Labute approximate surface area is 143 Å². The molecule has 0 saturated heterocycles. The minimum Gasteiger partial charge on any atom is -0.383 e. The number of hydrogen-bond donors (Lipinski definition) is 1. The van der Waals surface area contributed by atoms with Crippen molar-refractivity contribution in [1.82, 2.24) is 28.6 Å². The van der Waals surface area contributed by atoms with Crippen LogP contribution >= 0.6 is 0 Å². The molecule has 0 bridgehead atoms. The Balaban J connectivity index is 2.35. The van der Waals surface area contributed by atoms with Crippen LogP contribution in [0, 0.1) is 0 Å². The van der Waals surface area contributed by atoms with Crippen LogP contribution in [0.15, 0.2) is 27.0 Å². The van der Waals surface area contributed by atoms with Gasteiger partial charge in [0.2, 0.25) is 10.0 Å². The van der Waals surface area contributed by atoms with Crippen molar-refractivity contribution in [3.63, 3.8) is 0 Å². The minimum atomic E-state index is -4.17. The van der Waals surface area contributed by atoms with Gasteiger partial charge in [0.15, 0.2) is 10.7 Å². The Morgan fingerprint density at radius 3 is 2.64 bits per heavy atom. The van der Waals surface area contributed by atoms with Gasteiger partial charge in [-0.1, -0.05) is 0 Å². The van der Waals surface area contributed by atoms with Crippen molar-refractivity contribution < 1.29 is 13.2 Å². The maximum absolute atomic E-state index is 12.6. The molecule has 0 aromatic carbocycles. The summed E-state index contributed by atoms with van der Waals surface area (Å²) in [6.45, 7) is 2.44. The predicted molar refractivity (Wildman–Crippen MR) is 87.6 cm³/mol. The molecule has 1 N–H and O–H groups in total. The first-order valence-electron chi connectivity index (χ1n) is 7.34. The Morgan fingerprint density at radius 1 is 1.32 bits per heavy atom. The third kappa shape index (κ3) is 3.86. The van der Waals surface area contributed by atoms with Crippen LogP contribution in [-0.2, 0) is 35.4 Å². The highest BCUT2D eigenvalue weighted by Gasteiger charge is 2.25. The molecule has 0 radical (unpaired) electrons. The largest absolute Gasteiger partial charge is 0.383 e. The maximum Gasteiger partial charge on any atom is 0.330 e. The van der Waals surface area contributed by atoms with Crippen LogP contribution in [0.3, 0.4) is 0 Å². The van der Waals surface area contributed by atoms with E-state index in [4.69, 9.17) is 4.74 Å². The number of ether oxygens (including phenoxy) is 1. The summed E-state index contributed by atoms with van der Waals surface area (Å²) in [4.78, 5) is 23.3. The molecule has 0 fully saturated rings. The number of sulfonamides is 1. The van der Waals surface area contributed by atoms with E-state index in [2.05, 4.69) is 14.9 Å². The van der Waals surface area contributed by atoms with Crippen LogP contribution in [0.1, 0.15) is 18.8 Å². The van der Waals surface area contributed by atoms with Crippen LogP contribution in [0.4, 0.5) is 0 Å². The number of rotatable bonds is 7. The molecule has 2 aromatic heterocycles. The van der Waals surface area contributed by atoms with Crippen molar-refractivity contribution in [3.05, 3.63) is 39.2 Å². The summed E-state index contributed by atoms with van der Waals surface area (Å²) in [7, 11) is -0.0400. The molecule has 138 valence electrons. The number of nitrogens with zero attached hydrogens (tertiary/aromatic N) is 5. The fourth-order valence-electron chi connectivity index (χ4n) is 2.27. The third-order valence-corrected chi connectivity index (χ3v) is 5.13. The standard InChI is InChI=1S/C13H20N6O5S/c1-9(11-15-14-8-19(11)5-6-24-4)16-25(22,23)10-7-17(2)13(21)18(3)12(10)20/h7-9,16H,5-6H2,1-4H3/t9-/m0/s1. The van der Waals surface area contributed by atoms with Gasteiger partial charge in [-0.05, 0) is 6.92 Å². The quantitative estimate of drug-likeness (QED) is 0.617. The molecule has 11 nitrogen and oxygen atoms in total. The highest BCUT2D eigenvalue weighted by molar-refractivity contribution is 7.89. The minimum absolute atomic E-state index is 0.377. The molecule has 2 aromatic rings. The van der Waals surface area contributed by atoms with Gasteiger partial charge in [0.05, 0.1) is 12.6 Å². The van der Waals surface area contributed by atoms with E-state index in [1.165, 1.54) is 20.4 Å². The Hall–Kier alpha value is -2.31. The molecule has 0 unspecified atom stereocenters. The second-order valence-corrected chi connectivity index (χ2v) is 7.15. The van der Waals surface area contributed by atoms with E-state index in [-0.39, 0.29) is 0 Å². The lowest BCUT2D eigenvalue weighted by atomic mass is 10.3. The molecule has 0 aliphatic heterocycles. The average Bonchev–Trinajstić information content (AvgIpc) is 3.02. The number of hydrogen-bond acceptors (Lipinski definition) is 7. The summed E-state index contributed by atoms with van der Waals surface area (Å²) in [5.74, 6) is 0.377. The first-order valence-corrected chi connectivity index (χ1v) is 8.83. The second-order valence-electron chi connectivity index (χ2n) is 5.47. The zero-order valence-corrected chi connectivity index (χ0v) is 15.1. The van der Waals surface area contributed by atoms with Gasteiger partial charge in [0.25, 0.3) is 5.56 Å². The summed E-state index contributed by atoms with van der Waals surface area (Å²) in [6.07, 6.45) is 2.46. The van der Waals surface area contributed by atoms with E-state index in [0.29, 0.717) is 19.0 Å². The fourth-order valence-corrected chi connectivity index (χ4v) is 3.63. The van der Waals surface area contributed by atoms with Crippen LogP contribution < -0.4 is 16.0 Å². The lowest BCUT2D eigenvalue weighted by Gasteiger charge is -2.15. The topological polar surface area (TPSA) is 130 Å². The van der Waals surface area contributed by atoms with E-state index in [1.807, 2.05) is 0 Å². The van der Waals surface area contributed by atoms with Crippen molar-refractivity contribution >= 4 is 10.0 Å². The van der Waals surface area contributed by atoms with E-state index in [1.54, 1.807) is 18.6 Å². The molecule has 0 spiro atoms. The van der Waals surface area contributed by atoms with Gasteiger partial charge in [-0.15, -0.1) is 10.2 Å². The highest BCUT2D eigenvalue weighted by atomic mass is 32.2. The Bertz CT molecular complexity index is 974. The Morgan fingerprint density at radius 2 is 2.00 bits per heavy atom. The van der Waals surface area contributed by atoms with Gasteiger partial charge >= 0.3 is 5.69 Å². The summed E-state index contributed by atoms with van der Waals surface area (Å²) in [5.41, 5.74) is -1.51. The molecule has 0 saturated carbocycles. The Kier molecular flexibility index (Phi) is 5.55. The molecule has 0 aliphatic rings. The van der Waals surface area contributed by atoms with Gasteiger partial charge in [-0.3, -0.25) is 9.36 Å². The van der Waals surface area contributed by atoms with Gasteiger partial charge in [-0.2, -0.15) is 0 Å². The average molecular weight is 372 g/mol. The summed E-state index contributed by atoms with van der Waals surface area (Å²) in [5, 5.41) is 7.68. The van der Waals surface area contributed by atoms with Crippen molar-refractivity contribution in [3.8, 4) is 0 Å². The third-order valence-electron chi connectivity index (χ3n) is 3.61. The number of aromatic nitrogens is 5. The van der Waals surface area contributed by atoms with Gasteiger partial charge in [0.1, 0.15) is 6.33 Å². The fraction of sp³-hybridized carbons (Fsp3) is 0.538. The molecule has 2 rings (SSSR count). The van der Waals surface area contributed by atoms with Gasteiger partial charge in [-0.25, -0.2) is 17.9 Å².